The molecule has 0 heterocycles. The van der Waals surface area contributed by atoms with Crippen molar-refractivity contribution in [2.24, 2.45) is 0 Å². The predicted octanol–water partition coefficient (Wildman–Crippen LogP) is 0.610. The van der Waals surface area contributed by atoms with E-state index in [1.165, 1.54) is 0 Å². The van der Waals surface area contributed by atoms with E-state index < -0.39 is 6.23 Å². The Balaban J connectivity index is 3.06. The SMILES string of the molecule is OCCCCCCNC(O)CCCCO. The quantitative estimate of drug-likeness (QED) is 0.303. The predicted molar refractivity (Wildman–Crippen MR) is 60.5 cm³/mol. The highest BCUT2D eigenvalue weighted by molar-refractivity contribution is 4.54. The average Bonchev–Trinajstić information content (AvgIpc) is 2.23. The van der Waals surface area contributed by atoms with Crippen LogP contribution in [0.3, 0.4) is 0 Å². The van der Waals surface area contributed by atoms with Gasteiger partial charge in [0.15, 0.2) is 0 Å². The Morgan fingerprint density at radius 2 is 1.40 bits per heavy atom. The van der Waals surface area contributed by atoms with E-state index in [9.17, 15) is 5.11 Å². The van der Waals surface area contributed by atoms with Crippen LogP contribution in [0.5, 0.6) is 0 Å². The lowest BCUT2D eigenvalue weighted by Gasteiger charge is -2.11. The molecule has 0 rings (SSSR count). The van der Waals surface area contributed by atoms with Crippen LogP contribution in [-0.4, -0.2) is 41.3 Å². The molecule has 0 spiro atoms. The van der Waals surface area contributed by atoms with Crippen LogP contribution >= 0.6 is 0 Å². The van der Waals surface area contributed by atoms with E-state index in [0.717, 1.165) is 45.1 Å². The first-order valence-electron chi connectivity index (χ1n) is 5.94. The number of hydrogen-bond donors (Lipinski definition) is 4. The zero-order valence-corrected chi connectivity index (χ0v) is 9.49. The van der Waals surface area contributed by atoms with E-state index in [1.54, 1.807) is 0 Å². The van der Waals surface area contributed by atoms with Crippen LogP contribution in [0.15, 0.2) is 0 Å². The molecule has 0 amide bonds. The van der Waals surface area contributed by atoms with Gasteiger partial charge < -0.3 is 15.3 Å². The molecule has 0 aliphatic carbocycles. The van der Waals surface area contributed by atoms with Gasteiger partial charge in [-0.2, -0.15) is 0 Å². The monoisotopic (exact) mass is 219 g/mol. The molecule has 0 saturated heterocycles. The summed E-state index contributed by atoms with van der Waals surface area (Å²) in [7, 11) is 0. The first-order chi connectivity index (χ1) is 7.31. The number of nitrogens with one attached hydrogen (secondary N) is 1. The lowest BCUT2D eigenvalue weighted by molar-refractivity contribution is 0.121. The summed E-state index contributed by atoms with van der Waals surface area (Å²) >= 11 is 0. The molecule has 0 saturated carbocycles. The number of aliphatic hydroxyl groups excluding tert-OH is 3. The summed E-state index contributed by atoms with van der Waals surface area (Å²) in [6.07, 6.45) is 5.95. The Morgan fingerprint density at radius 3 is 2.07 bits per heavy atom. The van der Waals surface area contributed by atoms with E-state index in [0.29, 0.717) is 6.42 Å². The fraction of sp³-hybridized carbons (Fsp3) is 1.00. The van der Waals surface area contributed by atoms with Gasteiger partial charge in [-0.15, -0.1) is 0 Å². The van der Waals surface area contributed by atoms with Crippen molar-refractivity contribution in [2.75, 3.05) is 19.8 Å². The van der Waals surface area contributed by atoms with E-state index >= 15 is 0 Å². The average molecular weight is 219 g/mol. The lowest BCUT2D eigenvalue weighted by atomic mass is 10.2. The zero-order chi connectivity index (χ0) is 11.4. The van der Waals surface area contributed by atoms with Gasteiger partial charge in [0.1, 0.15) is 6.23 Å². The molecular weight excluding hydrogens is 194 g/mol. The Kier molecular flexibility index (Phi) is 11.8. The summed E-state index contributed by atoms with van der Waals surface area (Å²) in [5, 5.41) is 29.6. The van der Waals surface area contributed by atoms with Crippen molar-refractivity contribution in [3.05, 3.63) is 0 Å². The summed E-state index contributed by atoms with van der Waals surface area (Å²) in [4.78, 5) is 0. The topological polar surface area (TPSA) is 72.7 Å². The molecule has 0 bridgehead atoms. The van der Waals surface area contributed by atoms with Crippen LogP contribution in [0.2, 0.25) is 0 Å². The van der Waals surface area contributed by atoms with E-state index in [1.807, 2.05) is 0 Å². The van der Waals surface area contributed by atoms with Crippen LogP contribution in [0.4, 0.5) is 0 Å². The number of hydrogen-bond acceptors (Lipinski definition) is 4. The van der Waals surface area contributed by atoms with Crippen molar-refractivity contribution < 1.29 is 15.3 Å². The maximum absolute atomic E-state index is 9.45. The van der Waals surface area contributed by atoms with E-state index in [-0.39, 0.29) is 13.2 Å². The van der Waals surface area contributed by atoms with Gasteiger partial charge in [0, 0.05) is 13.2 Å². The van der Waals surface area contributed by atoms with Gasteiger partial charge in [-0.25, -0.2) is 0 Å². The number of unbranched alkanes of at least 4 members (excludes halogenated alkanes) is 4. The molecule has 0 radical (unpaired) electrons. The van der Waals surface area contributed by atoms with Gasteiger partial charge in [0.25, 0.3) is 0 Å². The third-order valence-electron chi connectivity index (χ3n) is 2.35. The second-order valence-corrected chi connectivity index (χ2v) is 3.83. The largest absolute Gasteiger partial charge is 0.396 e. The van der Waals surface area contributed by atoms with Gasteiger partial charge in [-0.1, -0.05) is 12.8 Å². The van der Waals surface area contributed by atoms with Crippen molar-refractivity contribution in [3.63, 3.8) is 0 Å². The zero-order valence-electron chi connectivity index (χ0n) is 9.49. The molecule has 4 nitrogen and oxygen atoms in total. The van der Waals surface area contributed by atoms with Crippen LogP contribution in [0, 0.1) is 0 Å². The third kappa shape index (κ3) is 11.8. The summed E-state index contributed by atoms with van der Waals surface area (Å²) in [6, 6.07) is 0. The second-order valence-electron chi connectivity index (χ2n) is 3.83. The first kappa shape index (κ1) is 14.8. The maximum atomic E-state index is 9.45. The lowest BCUT2D eigenvalue weighted by Crippen LogP contribution is -2.29. The third-order valence-corrected chi connectivity index (χ3v) is 2.35. The molecule has 0 aromatic carbocycles. The Bertz CT molecular complexity index is 122. The molecule has 0 aliphatic rings. The molecule has 1 atom stereocenters. The van der Waals surface area contributed by atoms with Gasteiger partial charge in [-0.05, 0) is 38.6 Å². The summed E-state index contributed by atoms with van der Waals surface area (Å²) in [5.74, 6) is 0. The molecule has 0 aliphatic heterocycles. The molecule has 15 heavy (non-hydrogen) atoms. The summed E-state index contributed by atoms with van der Waals surface area (Å²) in [5.41, 5.74) is 0. The summed E-state index contributed by atoms with van der Waals surface area (Å²) in [6.45, 7) is 1.30. The molecule has 4 N–H and O–H groups in total. The van der Waals surface area contributed by atoms with Crippen LogP contribution < -0.4 is 5.32 Å². The fourth-order valence-corrected chi connectivity index (χ4v) is 1.41. The minimum absolute atomic E-state index is 0.202. The van der Waals surface area contributed by atoms with Gasteiger partial charge in [-0.3, -0.25) is 5.32 Å². The Morgan fingerprint density at radius 1 is 0.800 bits per heavy atom. The molecule has 0 aromatic heterocycles. The van der Waals surface area contributed by atoms with Crippen molar-refractivity contribution in [1.82, 2.24) is 5.32 Å². The van der Waals surface area contributed by atoms with Crippen molar-refractivity contribution in [1.29, 1.82) is 0 Å². The molecule has 92 valence electrons. The van der Waals surface area contributed by atoms with Gasteiger partial charge >= 0.3 is 0 Å². The first-order valence-corrected chi connectivity index (χ1v) is 5.94. The molecule has 0 fully saturated rings. The standard InChI is InChI=1S/C11H25NO3/c13-9-5-2-1-4-8-12-11(15)7-3-6-10-14/h11-15H,1-10H2. The van der Waals surface area contributed by atoms with E-state index in [4.69, 9.17) is 10.2 Å². The fourth-order valence-electron chi connectivity index (χ4n) is 1.41. The minimum Gasteiger partial charge on any atom is -0.396 e. The number of aliphatic hydroxyl groups is 3. The van der Waals surface area contributed by atoms with Crippen molar-refractivity contribution in [3.8, 4) is 0 Å². The van der Waals surface area contributed by atoms with Crippen molar-refractivity contribution >= 4 is 0 Å². The van der Waals surface area contributed by atoms with Gasteiger partial charge in [0.05, 0.1) is 0 Å². The second kappa shape index (κ2) is 11.9. The highest BCUT2D eigenvalue weighted by Gasteiger charge is 2.01. The highest BCUT2D eigenvalue weighted by atomic mass is 16.3. The maximum Gasteiger partial charge on any atom is 0.104 e. The molecule has 1 unspecified atom stereocenters. The Hall–Kier alpha value is -0.160. The minimum atomic E-state index is -0.436. The molecule has 0 aromatic rings. The smallest absolute Gasteiger partial charge is 0.104 e. The normalized spacial score (nSPS) is 13.0. The molecular formula is C11H25NO3. The van der Waals surface area contributed by atoms with Gasteiger partial charge in [0.2, 0.25) is 0 Å². The van der Waals surface area contributed by atoms with Crippen LogP contribution in [0.1, 0.15) is 44.9 Å². The van der Waals surface area contributed by atoms with Crippen LogP contribution in [0.25, 0.3) is 0 Å². The van der Waals surface area contributed by atoms with Crippen LogP contribution in [-0.2, 0) is 0 Å². The van der Waals surface area contributed by atoms with E-state index in [2.05, 4.69) is 5.32 Å². The number of rotatable bonds is 11. The Labute approximate surface area is 92.3 Å². The molecule has 4 heteroatoms. The van der Waals surface area contributed by atoms with Crippen molar-refractivity contribution in [2.45, 2.75) is 51.2 Å². The highest BCUT2D eigenvalue weighted by Crippen LogP contribution is 2.00. The summed E-state index contributed by atoms with van der Waals surface area (Å²) < 4.78 is 0.